The minimum absolute atomic E-state index is 0.0166. The van der Waals surface area contributed by atoms with Crippen LogP contribution in [0.1, 0.15) is 30.4 Å². The summed E-state index contributed by atoms with van der Waals surface area (Å²) in [4.78, 5) is 30.0. The lowest BCUT2D eigenvalue weighted by atomic mass is 9.97. The van der Waals surface area contributed by atoms with Crippen LogP contribution in [0.15, 0.2) is 18.2 Å². The van der Waals surface area contributed by atoms with Gasteiger partial charge in [-0.2, -0.15) is 0 Å². The lowest BCUT2D eigenvalue weighted by Crippen LogP contribution is -2.48. The molecule has 0 radical (unpaired) electrons. The number of amides is 3. The van der Waals surface area contributed by atoms with E-state index in [-0.39, 0.29) is 17.9 Å². The van der Waals surface area contributed by atoms with E-state index in [1.807, 2.05) is 26.1 Å². The molecule has 0 aliphatic carbocycles. The molecule has 1 aromatic carbocycles. The molecule has 0 N–H and O–H groups in total. The first-order valence-corrected chi connectivity index (χ1v) is 9.71. The highest BCUT2D eigenvalue weighted by atomic mass is 16.5. The average Bonchev–Trinajstić information content (AvgIpc) is 2.65. The molecule has 1 atom stereocenters. The Labute approximate surface area is 163 Å². The minimum atomic E-state index is -0.104. The van der Waals surface area contributed by atoms with Gasteiger partial charge in [0.05, 0.1) is 12.5 Å². The number of piperidine rings is 1. The molecule has 6 heteroatoms. The molecule has 1 aliphatic heterocycles. The van der Waals surface area contributed by atoms with Crippen molar-refractivity contribution in [3.05, 3.63) is 29.3 Å². The topological polar surface area (TPSA) is 53.1 Å². The third-order valence-corrected chi connectivity index (χ3v) is 5.03. The number of nitrogens with zero attached hydrogens (tertiary/aromatic N) is 3. The Hall–Kier alpha value is -2.24. The van der Waals surface area contributed by atoms with E-state index >= 15 is 0 Å². The largest absolute Gasteiger partial charge is 0.493 e. The molecule has 6 nitrogen and oxygen atoms in total. The van der Waals surface area contributed by atoms with Gasteiger partial charge in [0.1, 0.15) is 5.75 Å². The molecule has 0 spiro atoms. The van der Waals surface area contributed by atoms with Crippen molar-refractivity contribution in [1.82, 2.24) is 14.7 Å². The lowest BCUT2D eigenvalue weighted by Gasteiger charge is -2.35. The molecule has 0 bridgehead atoms. The number of carbonyl (C=O) groups is 2. The molecule has 2 rings (SSSR count). The van der Waals surface area contributed by atoms with Gasteiger partial charge in [0.2, 0.25) is 5.91 Å². The van der Waals surface area contributed by atoms with Crippen LogP contribution in [0.5, 0.6) is 5.75 Å². The van der Waals surface area contributed by atoms with Gasteiger partial charge < -0.3 is 19.4 Å². The van der Waals surface area contributed by atoms with E-state index in [0.717, 1.165) is 37.1 Å². The van der Waals surface area contributed by atoms with Gasteiger partial charge in [-0.25, -0.2) is 4.79 Å². The monoisotopic (exact) mass is 375 g/mol. The molecular weight excluding hydrogens is 342 g/mol. The van der Waals surface area contributed by atoms with Crippen LogP contribution in [0.3, 0.4) is 0 Å². The molecule has 1 aromatic rings. The number of carbonyl (C=O) groups excluding carboxylic acids is 2. The second-order valence-electron chi connectivity index (χ2n) is 7.69. The molecular formula is C21H33N3O3. The van der Waals surface area contributed by atoms with E-state index in [1.165, 1.54) is 5.56 Å². The van der Waals surface area contributed by atoms with Crippen LogP contribution >= 0.6 is 0 Å². The van der Waals surface area contributed by atoms with Crippen LogP contribution in [0.25, 0.3) is 0 Å². The fourth-order valence-corrected chi connectivity index (χ4v) is 3.50. The Morgan fingerprint density at radius 2 is 1.96 bits per heavy atom. The Morgan fingerprint density at radius 1 is 1.22 bits per heavy atom. The van der Waals surface area contributed by atoms with Gasteiger partial charge in [-0.3, -0.25) is 4.79 Å². The number of hydrogen-bond donors (Lipinski definition) is 0. The molecule has 0 saturated carbocycles. The molecule has 1 unspecified atom stereocenters. The smallest absolute Gasteiger partial charge is 0.319 e. The highest BCUT2D eigenvalue weighted by Crippen LogP contribution is 2.20. The van der Waals surface area contributed by atoms with E-state index in [2.05, 4.69) is 13.0 Å². The molecule has 1 saturated heterocycles. The maximum absolute atomic E-state index is 12.7. The van der Waals surface area contributed by atoms with Gasteiger partial charge >= 0.3 is 6.03 Å². The summed E-state index contributed by atoms with van der Waals surface area (Å²) in [5.74, 6) is 0.922. The first kappa shape index (κ1) is 21.1. The lowest BCUT2D eigenvalue weighted by molar-refractivity contribution is -0.135. The molecule has 0 aromatic heterocycles. The third kappa shape index (κ3) is 5.88. The predicted molar refractivity (Wildman–Crippen MR) is 107 cm³/mol. The maximum Gasteiger partial charge on any atom is 0.319 e. The van der Waals surface area contributed by atoms with Crippen molar-refractivity contribution in [2.75, 3.05) is 47.4 Å². The Balaban J connectivity index is 1.77. The van der Waals surface area contributed by atoms with Crippen LogP contribution < -0.4 is 4.74 Å². The van der Waals surface area contributed by atoms with Gasteiger partial charge in [0.15, 0.2) is 0 Å². The average molecular weight is 376 g/mol. The highest BCUT2D eigenvalue weighted by molar-refractivity contribution is 5.80. The Bertz CT molecular complexity index is 660. The zero-order chi connectivity index (χ0) is 20.0. The van der Waals surface area contributed by atoms with Crippen molar-refractivity contribution in [3.8, 4) is 5.75 Å². The van der Waals surface area contributed by atoms with Crippen molar-refractivity contribution < 1.29 is 14.3 Å². The van der Waals surface area contributed by atoms with Crippen molar-refractivity contribution in [3.63, 3.8) is 0 Å². The number of ether oxygens (including phenoxy) is 1. The van der Waals surface area contributed by atoms with Crippen LogP contribution in [0, 0.1) is 19.8 Å². The number of urea groups is 1. The molecule has 1 fully saturated rings. The zero-order valence-electron chi connectivity index (χ0n) is 17.3. The fourth-order valence-electron chi connectivity index (χ4n) is 3.50. The van der Waals surface area contributed by atoms with Crippen LogP contribution in [-0.4, -0.2) is 74.0 Å². The van der Waals surface area contributed by atoms with Crippen molar-refractivity contribution in [1.29, 1.82) is 0 Å². The van der Waals surface area contributed by atoms with E-state index in [0.29, 0.717) is 19.7 Å². The minimum Gasteiger partial charge on any atom is -0.493 e. The maximum atomic E-state index is 12.7. The van der Waals surface area contributed by atoms with E-state index in [1.54, 1.807) is 28.8 Å². The summed E-state index contributed by atoms with van der Waals surface area (Å²) < 4.78 is 5.85. The molecule has 1 heterocycles. The quantitative estimate of drug-likeness (QED) is 0.719. The van der Waals surface area contributed by atoms with E-state index in [4.69, 9.17) is 4.74 Å². The van der Waals surface area contributed by atoms with Gasteiger partial charge in [-0.1, -0.05) is 17.7 Å². The summed E-state index contributed by atoms with van der Waals surface area (Å²) in [5.41, 5.74) is 2.35. The number of aryl methyl sites for hydroxylation is 2. The number of hydrogen-bond acceptors (Lipinski definition) is 3. The predicted octanol–water partition coefficient (Wildman–Crippen LogP) is 2.92. The molecule has 1 aliphatic rings. The number of rotatable bonds is 6. The SMILES string of the molecule is Cc1ccc(OCCCN(C)C(=O)C2CCCN(C(=O)N(C)C)C2)c(C)c1. The fraction of sp³-hybridized carbons (Fsp3) is 0.619. The highest BCUT2D eigenvalue weighted by Gasteiger charge is 2.30. The van der Waals surface area contributed by atoms with E-state index < -0.39 is 0 Å². The van der Waals surface area contributed by atoms with Crippen molar-refractivity contribution >= 4 is 11.9 Å². The Morgan fingerprint density at radius 3 is 2.63 bits per heavy atom. The van der Waals surface area contributed by atoms with Crippen LogP contribution in [-0.2, 0) is 4.79 Å². The van der Waals surface area contributed by atoms with Crippen molar-refractivity contribution in [2.45, 2.75) is 33.1 Å². The summed E-state index contributed by atoms with van der Waals surface area (Å²) in [7, 11) is 5.33. The van der Waals surface area contributed by atoms with Crippen molar-refractivity contribution in [2.24, 2.45) is 5.92 Å². The Kier molecular flexibility index (Phi) is 7.51. The second-order valence-corrected chi connectivity index (χ2v) is 7.69. The molecule has 150 valence electrons. The van der Waals surface area contributed by atoms with Crippen LogP contribution in [0.2, 0.25) is 0 Å². The summed E-state index contributed by atoms with van der Waals surface area (Å²) in [5, 5.41) is 0. The van der Waals surface area contributed by atoms with Gasteiger partial charge in [-0.15, -0.1) is 0 Å². The summed E-state index contributed by atoms with van der Waals surface area (Å²) in [6.45, 7) is 6.59. The van der Waals surface area contributed by atoms with Gasteiger partial charge in [-0.05, 0) is 44.7 Å². The summed E-state index contributed by atoms with van der Waals surface area (Å²) in [6, 6.07) is 6.13. The number of benzene rings is 1. The van der Waals surface area contributed by atoms with E-state index in [9.17, 15) is 9.59 Å². The van der Waals surface area contributed by atoms with Crippen LogP contribution in [0.4, 0.5) is 4.79 Å². The van der Waals surface area contributed by atoms with Gasteiger partial charge in [0, 0.05) is 40.8 Å². The molecule has 27 heavy (non-hydrogen) atoms. The first-order valence-electron chi connectivity index (χ1n) is 9.71. The first-order chi connectivity index (χ1) is 12.8. The number of likely N-dealkylation sites (tertiary alicyclic amines) is 1. The van der Waals surface area contributed by atoms with Gasteiger partial charge in [0.25, 0.3) is 0 Å². The summed E-state index contributed by atoms with van der Waals surface area (Å²) in [6.07, 6.45) is 2.50. The standard InChI is InChI=1S/C21H33N3O3/c1-16-9-10-19(17(2)14-16)27-13-7-11-23(5)20(25)18-8-6-12-24(15-18)21(26)22(3)4/h9-10,14,18H,6-8,11-13,15H2,1-5H3. The third-order valence-electron chi connectivity index (χ3n) is 5.03. The molecule has 3 amide bonds. The normalized spacial score (nSPS) is 16.8. The second kappa shape index (κ2) is 9.62. The zero-order valence-corrected chi connectivity index (χ0v) is 17.3. The summed E-state index contributed by atoms with van der Waals surface area (Å²) >= 11 is 0.